The van der Waals surface area contributed by atoms with Crippen LogP contribution in [0.15, 0.2) is 41.4 Å². The van der Waals surface area contributed by atoms with Crippen LogP contribution in [0.1, 0.15) is 36.7 Å². The van der Waals surface area contributed by atoms with E-state index in [0.717, 1.165) is 16.3 Å². The first-order chi connectivity index (χ1) is 15.6. The topological polar surface area (TPSA) is 120 Å². The van der Waals surface area contributed by atoms with Gasteiger partial charge in [0.1, 0.15) is 5.84 Å². The number of nitrogens with one attached hydrogen (secondary N) is 1. The molecule has 0 saturated heterocycles. The molecule has 0 aliphatic rings. The molecule has 0 radical (unpaired) electrons. The van der Waals surface area contributed by atoms with Crippen LogP contribution in [0.5, 0.6) is 5.75 Å². The Bertz CT molecular complexity index is 1310. The molecule has 0 saturated carbocycles. The molecule has 174 valence electrons. The number of aromatic nitrogens is 1. The standard InChI is InChI=1S/C23H25FN4O4S/c1-5-28-16-8-6-14(20(29)32-17-9-7-13(19(25)26)10-15(17)24)11-18(16)33-22(28)27-12-23(2,3)21(30)31-4/h6-11H,5,12H2,1-4H3,(H3,25,26)/b27-22-. The maximum atomic E-state index is 14.2. The molecule has 10 heteroatoms. The summed E-state index contributed by atoms with van der Waals surface area (Å²) in [7, 11) is 1.35. The Labute approximate surface area is 194 Å². The zero-order valence-electron chi connectivity index (χ0n) is 18.8. The summed E-state index contributed by atoms with van der Waals surface area (Å²) in [5.41, 5.74) is 5.91. The Morgan fingerprint density at radius 3 is 2.52 bits per heavy atom. The van der Waals surface area contributed by atoms with E-state index in [0.29, 0.717) is 11.3 Å². The van der Waals surface area contributed by atoms with Crippen LogP contribution in [-0.2, 0) is 16.1 Å². The van der Waals surface area contributed by atoms with Gasteiger partial charge >= 0.3 is 11.9 Å². The zero-order valence-corrected chi connectivity index (χ0v) is 19.6. The lowest BCUT2D eigenvalue weighted by Gasteiger charge is -2.18. The number of thiazole rings is 1. The molecular weight excluding hydrogens is 447 g/mol. The first-order valence-corrected chi connectivity index (χ1v) is 11.0. The molecular formula is C23H25FN4O4S. The number of fused-ring (bicyclic) bond motifs is 1. The van der Waals surface area contributed by atoms with Crippen LogP contribution in [0.2, 0.25) is 0 Å². The quantitative estimate of drug-likeness (QED) is 0.236. The molecule has 0 bridgehead atoms. The highest BCUT2D eigenvalue weighted by molar-refractivity contribution is 7.16. The number of rotatable bonds is 7. The Hall–Kier alpha value is -3.53. The molecule has 0 atom stereocenters. The minimum Gasteiger partial charge on any atom is -0.469 e. The number of nitrogen functional groups attached to an aromatic ring is 1. The molecule has 0 spiro atoms. The fourth-order valence-electron chi connectivity index (χ4n) is 3.14. The number of methoxy groups -OCH3 is 1. The number of nitrogens with zero attached hydrogens (tertiary/aromatic N) is 2. The number of nitrogens with two attached hydrogens (primary N) is 1. The average molecular weight is 473 g/mol. The van der Waals surface area contributed by atoms with Crippen molar-refractivity contribution >= 4 is 39.3 Å². The van der Waals surface area contributed by atoms with Crippen molar-refractivity contribution in [2.75, 3.05) is 13.7 Å². The van der Waals surface area contributed by atoms with Gasteiger partial charge in [0.25, 0.3) is 0 Å². The number of hydrogen-bond donors (Lipinski definition) is 2. The number of carbonyl (C=O) groups excluding carboxylic acids is 2. The summed E-state index contributed by atoms with van der Waals surface area (Å²) in [6.07, 6.45) is 0. The van der Waals surface area contributed by atoms with Crippen molar-refractivity contribution < 1.29 is 23.5 Å². The fraction of sp³-hybridized carbons (Fsp3) is 0.304. The smallest absolute Gasteiger partial charge is 0.343 e. The largest absolute Gasteiger partial charge is 0.469 e. The van der Waals surface area contributed by atoms with E-state index in [1.165, 1.54) is 30.6 Å². The summed E-state index contributed by atoms with van der Waals surface area (Å²) in [6.45, 7) is 6.41. The molecule has 0 aliphatic carbocycles. The highest BCUT2D eigenvalue weighted by atomic mass is 32.1. The van der Waals surface area contributed by atoms with Crippen LogP contribution in [0, 0.1) is 16.6 Å². The lowest BCUT2D eigenvalue weighted by molar-refractivity contribution is -0.150. The van der Waals surface area contributed by atoms with E-state index in [1.807, 2.05) is 11.5 Å². The number of aryl methyl sites for hydroxylation is 1. The maximum absolute atomic E-state index is 14.2. The highest BCUT2D eigenvalue weighted by Gasteiger charge is 2.28. The lowest BCUT2D eigenvalue weighted by Crippen LogP contribution is -2.30. The summed E-state index contributed by atoms with van der Waals surface area (Å²) < 4.78 is 27.1. The van der Waals surface area contributed by atoms with Crippen molar-refractivity contribution in [3.8, 4) is 5.75 Å². The van der Waals surface area contributed by atoms with Gasteiger partial charge < -0.3 is 19.8 Å². The molecule has 0 fully saturated rings. The van der Waals surface area contributed by atoms with Crippen LogP contribution in [-0.4, -0.2) is 36.0 Å². The summed E-state index contributed by atoms with van der Waals surface area (Å²) >= 11 is 1.38. The van der Waals surface area contributed by atoms with Crippen molar-refractivity contribution in [3.63, 3.8) is 0 Å². The van der Waals surface area contributed by atoms with Crippen molar-refractivity contribution in [2.45, 2.75) is 27.3 Å². The third-order valence-corrected chi connectivity index (χ3v) is 6.11. The molecule has 0 unspecified atom stereocenters. The van der Waals surface area contributed by atoms with Gasteiger partial charge in [0, 0.05) is 12.1 Å². The van der Waals surface area contributed by atoms with Gasteiger partial charge in [-0.25, -0.2) is 9.18 Å². The first kappa shape index (κ1) is 24.1. The molecule has 8 nitrogen and oxygen atoms in total. The maximum Gasteiger partial charge on any atom is 0.343 e. The van der Waals surface area contributed by atoms with E-state index in [1.54, 1.807) is 32.0 Å². The number of halogens is 1. The molecule has 0 amide bonds. The predicted molar refractivity (Wildman–Crippen MR) is 124 cm³/mol. The Balaban J connectivity index is 1.91. The molecule has 3 N–H and O–H groups in total. The van der Waals surface area contributed by atoms with Gasteiger partial charge in [-0.05, 0) is 57.2 Å². The Morgan fingerprint density at radius 2 is 1.91 bits per heavy atom. The normalized spacial score (nSPS) is 12.1. The monoisotopic (exact) mass is 472 g/mol. The second-order valence-corrected chi connectivity index (χ2v) is 8.96. The van der Waals surface area contributed by atoms with Gasteiger partial charge in [0.15, 0.2) is 16.4 Å². The second-order valence-electron chi connectivity index (χ2n) is 7.95. The summed E-state index contributed by atoms with van der Waals surface area (Å²) in [6, 6.07) is 8.77. The minimum atomic E-state index is -0.786. The van der Waals surface area contributed by atoms with Crippen LogP contribution in [0.25, 0.3) is 10.2 Å². The van der Waals surface area contributed by atoms with E-state index in [2.05, 4.69) is 4.99 Å². The SMILES string of the molecule is CCn1/c(=N/CC(C)(C)C(=O)OC)sc2cc(C(=O)Oc3ccc(C(=N)N)cc3F)ccc21. The summed E-state index contributed by atoms with van der Waals surface area (Å²) in [4.78, 5) is 29.9. The number of amidine groups is 1. The highest BCUT2D eigenvalue weighted by Crippen LogP contribution is 2.23. The molecule has 2 aromatic carbocycles. The molecule has 1 aromatic heterocycles. The second kappa shape index (κ2) is 9.53. The molecule has 3 rings (SSSR count). The third kappa shape index (κ3) is 5.11. The molecule has 0 aliphatic heterocycles. The van der Waals surface area contributed by atoms with Crippen LogP contribution >= 0.6 is 11.3 Å². The van der Waals surface area contributed by atoms with Crippen LogP contribution in [0.3, 0.4) is 0 Å². The minimum absolute atomic E-state index is 0.197. The number of esters is 2. The van der Waals surface area contributed by atoms with Gasteiger partial charge in [-0.3, -0.25) is 15.2 Å². The zero-order chi connectivity index (χ0) is 24.3. The lowest BCUT2D eigenvalue weighted by atomic mass is 9.94. The van der Waals surface area contributed by atoms with Gasteiger partial charge in [0.05, 0.1) is 34.8 Å². The number of ether oxygens (including phenoxy) is 2. The van der Waals surface area contributed by atoms with Gasteiger partial charge in [-0.1, -0.05) is 11.3 Å². The van der Waals surface area contributed by atoms with Crippen molar-refractivity contribution in [1.29, 1.82) is 5.41 Å². The van der Waals surface area contributed by atoms with E-state index >= 15 is 0 Å². The average Bonchev–Trinajstić information content (AvgIpc) is 3.14. The summed E-state index contributed by atoms with van der Waals surface area (Å²) in [5, 5.41) is 7.36. The van der Waals surface area contributed by atoms with Gasteiger partial charge in [0.2, 0.25) is 0 Å². The molecule has 33 heavy (non-hydrogen) atoms. The van der Waals surface area contributed by atoms with Gasteiger partial charge in [-0.15, -0.1) is 0 Å². The third-order valence-electron chi connectivity index (χ3n) is 5.03. The fourth-order valence-corrected chi connectivity index (χ4v) is 4.27. The Morgan fingerprint density at radius 1 is 1.21 bits per heavy atom. The van der Waals surface area contributed by atoms with Crippen molar-refractivity contribution in [3.05, 3.63) is 58.1 Å². The van der Waals surface area contributed by atoms with Gasteiger partial charge in [-0.2, -0.15) is 0 Å². The number of benzene rings is 2. The van der Waals surface area contributed by atoms with Crippen molar-refractivity contribution in [2.24, 2.45) is 16.1 Å². The predicted octanol–water partition coefficient (Wildman–Crippen LogP) is 3.46. The van der Waals surface area contributed by atoms with Crippen LogP contribution in [0.4, 0.5) is 4.39 Å². The first-order valence-electron chi connectivity index (χ1n) is 10.2. The Kier molecular flexibility index (Phi) is 6.97. The van der Waals surface area contributed by atoms with E-state index in [4.69, 9.17) is 20.6 Å². The number of hydrogen-bond acceptors (Lipinski definition) is 7. The van der Waals surface area contributed by atoms with E-state index in [-0.39, 0.29) is 35.2 Å². The van der Waals surface area contributed by atoms with E-state index < -0.39 is 17.2 Å². The van der Waals surface area contributed by atoms with Crippen LogP contribution < -0.4 is 15.3 Å². The number of carbonyl (C=O) groups is 2. The van der Waals surface area contributed by atoms with E-state index in [9.17, 15) is 14.0 Å². The molecule has 1 heterocycles. The van der Waals surface area contributed by atoms with Crippen molar-refractivity contribution in [1.82, 2.24) is 4.57 Å². The summed E-state index contributed by atoms with van der Waals surface area (Å²) in [5.74, 6) is -2.38. The molecule has 3 aromatic rings.